The molecule has 2 fully saturated rings. The van der Waals surface area contributed by atoms with Crippen molar-refractivity contribution in [2.45, 2.75) is 34.5 Å². The summed E-state index contributed by atoms with van der Waals surface area (Å²) in [7, 11) is -7.51. The molecule has 76 heavy (non-hydrogen) atoms. The number of rotatable bonds is 13. The van der Waals surface area contributed by atoms with Gasteiger partial charge in [0.15, 0.2) is 19.7 Å². The van der Waals surface area contributed by atoms with Crippen molar-refractivity contribution in [3.8, 4) is 0 Å². The van der Waals surface area contributed by atoms with Gasteiger partial charge in [-0.15, -0.1) is 0 Å². The lowest BCUT2D eigenvalue weighted by Gasteiger charge is -2.35. The van der Waals surface area contributed by atoms with E-state index in [0.717, 1.165) is 27.6 Å². The predicted octanol–water partition coefficient (Wildman–Crippen LogP) is 10.0. The van der Waals surface area contributed by atoms with Gasteiger partial charge in [-0.2, -0.15) is 0 Å². The third-order valence-electron chi connectivity index (χ3n) is 13.5. The van der Waals surface area contributed by atoms with Crippen molar-refractivity contribution in [3.05, 3.63) is 214 Å². The van der Waals surface area contributed by atoms with Crippen molar-refractivity contribution >= 4 is 76.2 Å². The summed E-state index contributed by atoms with van der Waals surface area (Å²) in [6, 6.07) is 54.0. The fraction of sp³-hybridized carbons (Fsp3) is 0.207. The molecule has 2 aliphatic rings. The fourth-order valence-corrected chi connectivity index (χ4v) is 12.6. The quantitative estimate of drug-likeness (QED) is 0.0650. The van der Waals surface area contributed by atoms with E-state index in [1.54, 1.807) is 58.3 Å². The number of nitro benzene ring substituents is 1. The molecule has 2 heterocycles. The lowest BCUT2D eigenvalue weighted by Crippen LogP contribution is -2.49. The molecule has 0 aromatic heterocycles. The number of benzene rings is 8. The Morgan fingerprint density at radius 2 is 0.882 bits per heavy atom. The minimum Gasteiger partial charge on any atom is -0.445 e. The molecule has 0 atom stereocenters. The molecule has 0 unspecified atom stereocenters. The maximum Gasteiger partial charge on any atom is 0.410 e. The largest absolute Gasteiger partial charge is 0.445 e. The highest BCUT2D eigenvalue weighted by molar-refractivity contribution is 7.91. The minimum absolute atomic E-state index is 0.120. The average Bonchev–Trinajstić information content (AvgIpc) is 3.45. The maximum atomic E-state index is 13.5. The number of nitrogens with two attached hydrogens (primary N) is 1. The summed E-state index contributed by atoms with van der Waals surface area (Å²) in [5, 5.41) is 14.7. The van der Waals surface area contributed by atoms with Crippen LogP contribution < -0.4 is 15.5 Å². The molecule has 16 nitrogen and oxygen atoms in total. The molecule has 18 heteroatoms. The molecule has 0 bridgehead atoms. The van der Waals surface area contributed by atoms with Gasteiger partial charge in [0.1, 0.15) is 13.2 Å². The third-order valence-corrected chi connectivity index (χ3v) is 16.9. The summed E-state index contributed by atoms with van der Waals surface area (Å²) in [5.74, 6) is -0.691. The van der Waals surface area contributed by atoms with Crippen LogP contribution in [-0.4, -0.2) is 96.1 Å². The Morgan fingerprint density at radius 1 is 0.487 bits per heavy atom. The van der Waals surface area contributed by atoms with E-state index < -0.39 is 36.4 Å². The van der Waals surface area contributed by atoms with Gasteiger partial charge in [-0.25, -0.2) is 26.4 Å². The standard InChI is InChI=1S/C29H27N3O6S.C29H29N3O4S/c33-29(38-20-22-7-2-1-3-8-22)31-17-15-30(16-18-31)25-13-14-27(32(34)35)24(19-25)21-39(36,37)28-12-6-10-23-9-4-5-11-26(23)28;30-27-14-13-25(31-15-17-32(18-16-31)29(33)36-20-22-7-2-1-3-8-22)19-24(27)21-37(34,35)28-12-6-10-23-9-4-5-11-26(23)28/h1-14,19H,15-18,20-21H2;1-14,19H,15-18,20-21,30H2. The summed E-state index contributed by atoms with van der Waals surface area (Å²) >= 11 is 0. The van der Waals surface area contributed by atoms with Crippen LogP contribution in [-0.2, 0) is 53.9 Å². The second-order valence-corrected chi connectivity index (χ2v) is 22.4. The Kier molecular flexibility index (Phi) is 16.1. The normalized spacial score (nSPS) is 13.9. The number of sulfone groups is 2. The highest BCUT2D eigenvalue weighted by Gasteiger charge is 2.28. The molecule has 2 amide bonds. The zero-order chi connectivity index (χ0) is 53.2. The van der Waals surface area contributed by atoms with Gasteiger partial charge in [0, 0.05) is 91.8 Å². The van der Waals surface area contributed by atoms with Crippen molar-refractivity contribution in [2.75, 3.05) is 67.9 Å². The van der Waals surface area contributed by atoms with E-state index in [0.29, 0.717) is 85.0 Å². The van der Waals surface area contributed by atoms with E-state index >= 15 is 0 Å². The van der Waals surface area contributed by atoms with E-state index in [9.17, 15) is 36.5 Å². The molecule has 0 spiro atoms. The summed E-state index contributed by atoms with van der Waals surface area (Å²) in [6.07, 6.45) is -0.730. The number of nitrogen functional groups attached to an aromatic ring is 1. The molecule has 0 saturated carbocycles. The van der Waals surface area contributed by atoms with Crippen molar-refractivity contribution in [2.24, 2.45) is 0 Å². The third kappa shape index (κ3) is 12.5. The lowest BCUT2D eigenvalue weighted by molar-refractivity contribution is -0.385. The lowest BCUT2D eigenvalue weighted by atomic mass is 10.1. The van der Waals surface area contributed by atoms with E-state index in [2.05, 4.69) is 4.90 Å². The minimum atomic E-state index is -3.89. The first-order valence-electron chi connectivity index (χ1n) is 24.7. The topological polar surface area (TPSA) is 203 Å². The smallest absolute Gasteiger partial charge is 0.410 e. The fourth-order valence-electron chi connectivity index (χ4n) is 9.39. The number of piperazine rings is 2. The number of fused-ring (bicyclic) bond motifs is 2. The van der Waals surface area contributed by atoms with Gasteiger partial charge in [0.2, 0.25) is 0 Å². The molecule has 8 aromatic rings. The molecular formula is C58H56N6O10S2. The number of nitro groups is 1. The summed E-state index contributed by atoms with van der Waals surface area (Å²) in [5.41, 5.74) is 10.5. The van der Waals surface area contributed by atoms with Crippen LogP contribution in [0.4, 0.5) is 32.3 Å². The molecular weight excluding hydrogens is 1000 g/mol. The van der Waals surface area contributed by atoms with Crippen LogP contribution in [0.2, 0.25) is 0 Å². The molecule has 8 aromatic carbocycles. The van der Waals surface area contributed by atoms with Gasteiger partial charge >= 0.3 is 12.2 Å². The van der Waals surface area contributed by atoms with Crippen LogP contribution in [0, 0.1) is 10.1 Å². The highest BCUT2D eigenvalue weighted by atomic mass is 32.2. The molecule has 0 radical (unpaired) electrons. The van der Waals surface area contributed by atoms with E-state index in [1.807, 2.05) is 126 Å². The molecule has 390 valence electrons. The van der Waals surface area contributed by atoms with Crippen LogP contribution in [0.25, 0.3) is 21.5 Å². The van der Waals surface area contributed by atoms with Crippen molar-refractivity contribution in [3.63, 3.8) is 0 Å². The number of hydrogen-bond donors (Lipinski definition) is 1. The molecule has 10 rings (SSSR count). The molecule has 2 saturated heterocycles. The Bertz CT molecular complexity index is 3600. The first-order chi connectivity index (χ1) is 36.7. The second-order valence-electron chi connectivity index (χ2n) is 18.5. The first kappa shape index (κ1) is 52.4. The summed E-state index contributed by atoms with van der Waals surface area (Å²) < 4.78 is 64.6. The number of anilines is 3. The van der Waals surface area contributed by atoms with Crippen LogP contribution in [0.5, 0.6) is 0 Å². The summed E-state index contributed by atoms with van der Waals surface area (Å²) in [6.45, 7) is 4.47. The van der Waals surface area contributed by atoms with Gasteiger partial charge < -0.3 is 34.8 Å². The van der Waals surface area contributed by atoms with Gasteiger partial charge in [-0.3, -0.25) is 10.1 Å². The van der Waals surface area contributed by atoms with Gasteiger partial charge in [-0.1, -0.05) is 133 Å². The van der Waals surface area contributed by atoms with E-state index in [1.165, 1.54) is 12.1 Å². The predicted molar refractivity (Wildman–Crippen MR) is 294 cm³/mol. The highest BCUT2D eigenvalue weighted by Crippen LogP contribution is 2.33. The number of hydrogen-bond acceptors (Lipinski definition) is 13. The van der Waals surface area contributed by atoms with Crippen LogP contribution in [0.3, 0.4) is 0 Å². The number of amides is 2. The van der Waals surface area contributed by atoms with Gasteiger partial charge in [0.25, 0.3) is 5.69 Å². The average molecular weight is 1060 g/mol. The van der Waals surface area contributed by atoms with Gasteiger partial charge in [0.05, 0.1) is 26.2 Å². The number of ether oxygens (including phenoxy) is 2. The number of carbonyl (C=O) groups excluding carboxylic acids is 2. The Hall–Kier alpha value is -8.48. The van der Waals surface area contributed by atoms with E-state index in [4.69, 9.17) is 15.2 Å². The SMILES string of the molecule is Nc1ccc(N2CCN(C(=O)OCc3ccccc3)CC2)cc1CS(=O)(=O)c1cccc2ccccc12.O=C(OCc1ccccc1)N1CCN(c2ccc([N+](=O)[O-])c(CS(=O)(=O)c3cccc4ccccc34)c2)CC1. The second kappa shape index (κ2) is 23.4. The van der Waals surface area contributed by atoms with Crippen molar-refractivity contribution in [1.29, 1.82) is 0 Å². The Morgan fingerprint density at radius 3 is 1.34 bits per heavy atom. The summed E-state index contributed by atoms with van der Waals surface area (Å²) in [4.78, 5) is 44.1. The Balaban J connectivity index is 0.000000186. The van der Waals surface area contributed by atoms with Crippen LogP contribution >= 0.6 is 0 Å². The number of nitrogens with zero attached hydrogens (tertiary/aromatic N) is 5. The number of carbonyl (C=O) groups is 2. The van der Waals surface area contributed by atoms with Crippen molar-refractivity contribution in [1.82, 2.24) is 9.80 Å². The maximum absolute atomic E-state index is 13.5. The van der Waals surface area contributed by atoms with Crippen LogP contribution in [0.15, 0.2) is 192 Å². The van der Waals surface area contributed by atoms with E-state index in [-0.39, 0.29) is 41.2 Å². The van der Waals surface area contributed by atoms with Crippen LogP contribution in [0.1, 0.15) is 22.3 Å². The zero-order valence-corrected chi connectivity index (χ0v) is 43.2. The first-order valence-corrected chi connectivity index (χ1v) is 28.0. The van der Waals surface area contributed by atoms with Gasteiger partial charge in [-0.05, 0) is 69.9 Å². The van der Waals surface area contributed by atoms with Crippen molar-refractivity contribution < 1.29 is 40.8 Å². The monoisotopic (exact) mass is 1060 g/mol. The molecule has 2 aliphatic heterocycles. The Labute approximate surface area is 441 Å². The zero-order valence-electron chi connectivity index (χ0n) is 41.5. The molecule has 0 aliphatic carbocycles. The molecule has 2 N–H and O–H groups in total.